The maximum atomic E-state index is 12.0. The average molecular weight is 343 g/mol. The van der Waals surface area contributed by atoms with Gasteiger partial charge in [0.25, 0.3) is 0 Å². The lowest BCUT2D eigenvalue weighted by molar-refractivity contribution is -0.120. The van der Waals surface area contributed by atoms with Crippen molar-refractivity contribution < 1.29 is 9.53 Å². The molecule has 0 atom stereocenters. The molecule has 1 amide bonds. The van der Waals surface area contributed by atoms with E-state index in [0.29, 0.717) is 25.5 Å². The van der Waals surface area contributed by atoms with E-state index in [2.05, 4.69) is 25.9 Å². The number of aryl methyl sites for hydroxylation is 1. The van der Waals surface area contributed by atoms with E-state index in [4.69, 9.17) is 4.74 Å². The van der Waals surface area contributed by atoms with Gasteiger partial charge in [0.15, 0.2) is 0 Å². The highest BCUT2D eigenvalue weighted by Gasteiger charge is 2.04. The molecule has 0 saturated heterocycles. The molecule has 25 heavy (non-hydrogen) atoms. The largest absolute Gasteiger partial charge is 0.497 e. The van der Waals surface area contributed by atoms with Crippen LogP contribution in [0, 0.1) is 6.92 Å². The number of hydrogen-bond acceptors (Lipinski definition) is 6. The van der Waals surface area contributed by atoms with Gasteiger partial charge < -0.3 is 20.7 Å². The molecule has 0 unspecified atom stereocenters. The van der Waals surface area contributed by atoms with E-state index in [1.807, 2.05) is 44.2 Å². The van der Waals surface area contributed by atoms with Crippen LogP contribution in [-0.4, -0.2) is 42.6 Å². The van der Waals surface area contributed by atoms with Crippen molar-refractivity contribution in [3.05, 3.63) is 41.6 Å². The molecule has 1 heterocycles. The number of anilines is 2. The summed E-state index contributed by atoms with van der Waals surface area (Å²) in [5.74, 6) is 2.11. The molecular formula is C18H25N5O2. The fourth-order valence-electron chi connectivity index (χ4n) is 2.29. The van der Waals surface area contributed by atoms with E-state index < -0.39 is 0 Å². The summed E-state index contributed by atoms with van der Waals surface area (Å²) >= 11 is 0. The fraction of sp³-hybridized carbons (Fsp3) is 0.389. The molecular weight excluding hydrogens is 318 g/mol. The normalized spacial score (nSPS) is 10.2. The third-order valence-corrected chi connectivity index (χ3v) is 3.47. The molecule has 0 aliphatic heterocycles. The topological polar surface area (TPSA) is 88.2 Å². The van der Waals surface area contributed by atoms with Gasteiger partial charge in [-0.15, -0.1) is 0 Å². The third-order valence-electron chi connectivity index (χ3n) is 3.47. The second-order valence-electron chi connectivity index (χ2n) is 5.55. The molecule has 0 spiro atoms. The van der Waals surface area contributed by atoms with Gasteiger partial charge in [-0.25, -0.2) is 4.98 Å². The van der Waals surface area contributed by atoms with Crippen LogP contribution in [0.15, 0.2) is 30.3 Å². The molecule has 0 aliphatic rings. The number of nitrogens with one attached hydrogen (secondary N) is 3. The van der Waals surface area contributed by atoms with Crippen molar-refractivity contribution in [2.45, 2.75) is 20.3 Å². The Hall–Kier alpha value is -2.83. The molecule has 3 N–H and O–H groups in total. The molecule has 1 aromatic carbocycles. The third kappa shape index (κ3) is 6.29. The number of nitrogens with zero attached hydrogens (tertiary/aromatic N) is 2. The van der Waals surface area contributed by atoms with Gasteiger partial charge in [-0.3, -0.25) is 4.79 Å². The van der Waals surface area contributed by atoms with Crippen molar-refractivity contribution in [2.24, 2.45) is 0 Å². The maximum Gasteiger partial charge on any atom is 0.224 e. The summed E-state index contributed by atoms with van der Waals surface area (Å²) in [5, 5.41) is 9.17. The Bertz CT molecular complexity index is 688. The van der Waals surface area contributed by atoms with Crippen LogP contribution in [0.25, 0.3) is 0 Å². The molecule has 134 valence electrons. The zero-order valence-electron chi connectivity index (χ0n) is 14.9. The van der Waals surface area contributed by atoms with Gasteiger partial charge in [0, 0.05) is 31.4 Å². The number of benzene rings is 1. The highest BCUT2D eigenvalue weighted by molar-refractivity contribution is 5.78. The van der Waals surface area contributed by atoms with Gasteiger partial charge in [-0.1, -0.05) is 12.1 Å². The quantitative estimate of drug-likeness (QED) is 0.604. The van der Waals surface area contributed by atoms with Gasteiger partial charge in [-0.05, 0) is 31.5 Å². The standard InChI is InChI=1S/C18H25N5O2/c1-4-19-16-11-13(2)22-18(23-16)21-10-9-20-17(24)12-14-5-7-15(25-3)8-6-14/h5-8,11H,4,9-10,12H2,1-3H3,(H,20,24)(H2,19,21,22,23). The summed E-state index contributed by atoms with van der Waals surface area (Å²) in [7, 11) is 1.62. The van der Waals surface area contributed by atoms with E-state index >= 15 is 0 Å². The molecule has 0 fully saturated rings. The smallest absolute Gasteiger partial charge is 0.224 e. The van der Waals surface area contributed by atoms with Gasteiger partial charge in [0.2, 0.25) is 11.9 Å². The summed E-state index contributed by atoms with van der Waals surface area (Å²) in [6.45, 7) is 5.80. The second-order valence-corrected chi connectivity index (χ2v) is 5.55. The van der Waals surface area contributed by atoms with Crippen LogP contribution in [0.5, 0.6) is 5.75 Å². The Morgan fingerprint density at radius 1 is 1.12 bits per heavy atom. The first-order valence-corrected chi connectivity index (χ1v) is 8.33. The van der Waals surface area contributed by atoms with Crippen molar-refractivity contribution in [1.82, 2.24) is 15.3 Å². The number of carbonyl (C=O) groups excluding carboxylic acids is 1. The van der Waals surface area contributed by atoms with Crippen LogP contribution in [0.2, 0.25) is 0 Å². The van der Waals surface area contributed by atoms with Crippen LogP contribution in [0.1, 0.15) is 18.2 Å². The molecule has 7 heteroatoms. The number of amides is 1. The lowest BCUT2D eigenvalue weighted by atomic mass is 10.1. The summed E-state index contributed by atoms with van der Waals surface area (Å²) in [6.07, 6.45) is 0.343. The van der Waals surface area contributed by atoms with Crippen molar-refractivity contribution in [3.8, 4) is 5.75 Å². The monoisotopic (exact) mass is 343 g/mol. The fourth-order valence-corrected chi connectivity index (χ4v) is 2.29. The lowest BCUT2D eigenvalue weighted by Crippen LogP contribution is -2.30. The number of methoxy groups -OCH3 is 1. The highest BCUT2D eigenvalue weighted by Crippen LogP contribution is 2.11. The zero-order valence-corrected chi connectivity index (χ0v) is 14.9. The first-order chi connectivity index (χ1) is 12.1. The number of carbonyl (C=O) groups is 1. The van der Waals surface area contributed by atoms with Crippen molar-refractivity contribution in [1.29, 1.82) is 0 Å². The molecule has 1 aromatic heterocycles. The molecule has 0 bridgehead atoms. The minimum Gasteiger partial charge on any atom is -0.497 e. The Morgan fingerprint density at radius 2 is 1.88 bits per heavy atom. The minimum absolute atomic E-state index is 0.0227. The van der Waals surface area contributed by atoms with Crippen molar-refractivity contribution in [2.75, 3.05) is 37.4 Å². The summed E-state index contributed by atoms with van der Waals surface area (Å²) in [4.78, 5) is 20.7. The first kappa shape index (κ1) is 18.5. The molecule has 2 aromatic rings. The molecule has 0 aliphatic carbocycles. The van der Waals surface area contributed by atoms with Crippen LogP contribution in [0.4, 0.5) is 11.8 Å². The summed E-state index contributed by atoms with van der Waals surface area (Å²) < 4.78 is 5.10. The van der Waals surface area contributed by atoms with Crippen LogP contribution in [-0.2, 0) is 11.2 Å². The van der Waals surface area contributed by atoms with E-state index in [1.54, 1.807) is 7.11 Å². The van der Waals surface area contributed by atoms with E-state index in [9.17, 15) is 4.79 Å². The number of aromatic nitrogens is 2. The molecule has 2 rings (SSSR count). The SMILES string of the molecule is CCNc1cc(C)nc(NCCNC(=O)Cc2ccc(OC)cc2)n1. The number of ether oxygens (including phenoxy) is 1. The Morgan fingerprint density at radius 3 is 2.56 bits per heavy atom. The van der Waals surface area contributed by atoms with Crippen molar-refractivity contribution in [3.63, 3.8) is 0 Å². The lowest BCUT2D eigenvalue weighted by Gasteiger charge is -2.10. The predicted octanol–water partition coefficient (Wildman–Crippen LogP) is 2.00. The predicted molar refractivity (Wildman–Crippen MR) is 99.1 cm³/mol. The van der Waals surface area contributed by atoms with E-state index in [0.717, 1.165) is 29.4 Å². The van der Waals surface area contributed by atoms with Gasteiger partial charge in [0.05, 0.1) is 13.5 Å². The maximum absolute atomic E-state index is 12.0. The van der Waals surface area contributed by atoms with Crippen LogP contribution in [0.3, 0.4) is 0 Å². The van der Waals surface area contributed by atoms with Gasteiger partial charge >= 0.3 is 0 Å². The van der Waals surface area contributed by atoms with E-state index in [-0.39, 0.29) is 5.91 Å². The summed E-state index contributed by atoms with van der Waals surface area (Å²) in [5.41, 5.74) is 1.83. The minimum atomic E-state index is -0.0227. The Kier molecular flexibility index (Phi) is 7.00. The average Bonchev–Trinajstić information content (AvgIpc) is 2.59. The molecule has 0 radical (unpaired) electrons. The van der Waals surface area contributed by atoms with Crippen LogP contribution >= 0.6 is 0 Å². The molecule has 7 nitrogen and oxygen atoms in total. The number of hydrogen-bond donors (Lipinski definition) is 3. The van der Waals surface area contributed by atoms with Gasteiger partial charge in [0.1, 0.15) is 11.6 Å². The Balaban J connectivity index is 1.74. The highest BCUT2D eigenvalue weighted by atomic mass is 16.5. The second kappa shape index (κ2) is 9.46. The first-order valence-electron chi connectivity index (χ1n) is 8.33. The number of rotatable bonds is 9. The van der Waals surface area contributed by atoms with Crippen LogP contribution < -0.4 is 20.7 Å². The van der Waals surface area contributed by atoms with E-state index in [1.165, 1.54) is 0 Å². The Labute approximate surface area is 148 Å². The van der Waals surface area contributed by atoms with Gasteiger partial charge in [-0.2, -0.15) is 4.98 Å². The summed E-state index contributed by atoms with van der Waals surface area (Å²) in [6, 6.07) is 9.37. The zero-order chi connectivity index (χ0) is 18.1. The van der Waals surface area contributed by atoms with Crippen molar-refractivity contribution >= 4 is 17.7 Å². The molecule has 0 saturated carbocycles.